The van der Waals surface area contributed by atoms with Crippen molar-refractivity contribution in [3.8, 4) is 0 Å². The first kappa shape index (κ1) is 123. The van der Waals surface area contributed by atoms with E-state index in [-0.39, 0.29) is 146 Å². The summed E-state index contributed by atoms with van der Waals surface area (Å²) in [6, 6.07) is 0. The lowest BCUT2D eigenvalue weighted by Crippen LogP contribution is -2.67. The summed E-state index contributed by atoms with van der Waals surface area (Å²) < 4.78 is 116. The quantitative estimate of drug-likeness (QED) is 0.0122. The van der Waals surface area contributed by atoms with Crippen LogP contribution in [-0.2, 0) is 128 Å². The third-order valence-electron chi connectivity index (χ3n) is 16.3. The van der Waals surface area contributed by atoms with Crippen LogP contribution in [0.3, 0.4) is 0 Å². The summed E-state index contributed by atoms with van der Waals surface area (Å²) >= 11 is 0. The smallest absolute Gasteiger partial charge is 0.308 e. The molecule has 0 aromatic rings. The van der Waals surface area contributed by atoms with Crippen molar-refractivity contribution < 1.29 is 149 Å². The van der Waals surface area contributed by atoms with Gasteiger partial charge in [0.15, 0.2) is 11.6 Å². The number of nitrogens with two attached hydrogens (primary N) is 2. The Labute approximate surface area is 648 Å². The second-order valence-corrected chi connectivity index (χ2v) is 22.1. The maximum absolute atomic E-state index is 11.6. The number of esters is 3. The van der Waals surface area contributed by atoms with Crippen LogP contribution in [0.25, 0.3) is 20.9 Å². The van der Waals surface area contributed by atoms with Crippen molar-refractivity contribution >= 4 is 83.5 Å². The normalized spacial score (nSPS) is 30.7. The van der Waals surface area contributed by atoms with Gasteiger partial charge in [-0.25, -0.2) is 0 Å². The Balaban J connectivity index is -0.000000128. The van der Waals surface area contributed by atoms with Crippen molar-refractivity contribution in [3.63, 3.8) is 0 Å². The van der Waals surface area contributed by atoms with Gasteiger partial charge < -0.3 is 136 Å². The van der Waals surface area contributed by atoms with E-state index in [0.29, 0.717) is 19.5 Å². The van der Waals surface area contributed by atoms with Crippen molar-refractivity contribution in [3.05, 3.63) is 20.9 Å². The number of aliphatic hydroxyl groups excluding tert-OH is 4. The van der Waals surface area contributed by atoms with Gasteiger partial charge in [-0.1, -0.05) is 39.4 Å². The number of nitrogens with zero attached hydrogens (tertiary/aromatic N) is 6. The Hall–Kier alpha value is -3.23. The lowest BCUT2D eigenvalue weighted by molar-refractivity contribution is -0.451. The summed E-state index contributed by atoms with van der Waals surface area (Å²) in [5.74, 6) is -11.4. The summed E-state index contributed by atoms with van der Waals surface area (Å²) in [5.41, 5.74) is 28.1. The van der Waals surface area contributed by atoms with Gasteiger partial charge in [-0.15, -0.1) is 0 Å². The molecule has 8 N–H and O–H groups in total. The molecular weight excluding hydrogens is 1480 g/mol. The van der Waals surface area contributed by atoms with Crippen LogP contribution in [0, 0.1) is 0 Å². The number of ketones is 2. The molecule has 4 aliphatic rings. The van der Waals surface area contributed by atoms with E-state index in [1.807, 2.05) is 0 Å². The number of hydrogen-bond donors (Lipinski definition) is 6. The minimum Gasteiger partial charge on any atom is -0.469 e. The highest BCUT2D eigenvalue weighted by atomic mass is 32.1. The highest BCUT2D eigenvalue weighted by Crippen LogP contribution is 2.43. The molecule has 0 aliphatic carbocycles. The van der Waals surface area contributed by atoms with Gasteiger partial charge in [0.05, 0.1) is 104 Å². The van der Waals surface area contributed by atoms with Crippen LogP contribution in [0.1, 0.15) is 124 Å². The minimum absolute atomic E-state index is 0. The van der Waals surface area contributed by atoms with Gasteiger partial charge in [-0.05, 0) is 72.9 Å². The molecule has 0 spiro atoms. The van der Waals surface area contributed by atoms with E-state index in [4.69, 9.17) is 119 Å². The first-order valence-corrected chi connectivity index (χ1v) is 30.4. The van der Waals surface area contributed by atoms with E-state index in [1.54, 1.807) is 62.3 Å². The van der Waals surface area contributed by atoms with Crippen molar-refractivity contribution in [2.45, 2.75) is 238 Å². The topological polar surface area (TPSA) is 519 Å². The van der Waals surface area contributed by atoms with Gasteiger partial charge >= 0.3 is 17.9 Å². The zero-order chi connectivity index (χ0) is 76.7. The number of ether oxygens (including phenoxy) is 22. The van der Waals surface area contributed by atoms with Gasteiger partial charge in [0.2, 0.25) is 46.3 Å². The van der Waals surface area contributed by atoms with E-state index in [1.165, 1.54) is 113 Å². The molecule has 0 saturated carbocycles. The number of aliphatic hydroxyl groups is 4. The molecule has 4 fully saturated rings. The fourth-order valence-corrected chi connectivity index (χ4v) is 8.69. The van der Waals surface area contributed by atoms with Crippen molar-refractivity contribution in [1.82, 2.24) is 0 Å². The average Bonchev–Trinajstić information content (AvgIpc) is 0.782. The van der Waals surface area contributed by atoms with Gasteiger partial charge in [0.25, 0.3) is 6.48 Å². The summed E-state index contributed by atoms with van der Waals surface area (Å²) in [4.78, 5) is 58.6. The molecule has 0 amide bonds. The van der Waals surface area contributed by atoms with Crippen LogP contribution < -0.4 is 11.5 Å². The standard InChI is InChI=1S/C14H24O8.C10H18N6O4.C10H22N2O4.C10H20O6.C7H14O4.C4H10O3.C4H6O2.3CH4.4H2S/c1-13(19-5)14(2,20-6)22-10(8-12(16)18-4)9(21-13)7-11(15)17-3;1-9(17-3)10(2,18-4)20-8(6-14-16-12)7(19-9)5-13-15-11;2*1-9(13-3)10(2,14-4)16-8(6-12)7(5-11)15-9;1-3-5(8)6(9)4-7(10)11-2;1-5-4(6-2)7-3;1-3(5)4(2)6;;;;;;;/h9-10H,7-8H2,1-6H3;7-8H,5-6H2,1-4H3;7-8H,5-6,11-12H2,1-4H3;7-8,11-12H,5-6H2,1-4H3;5-6,8-9H,3-4H2,1-2H3;4H,1-3H3;1-2H3;3*1H4;4*1H2/t9-,10-,13+,14?;3*7-,8-,9+,10?;5-,6-;;;;;;;;;/m00000........./s1. The van der Waals surface area contributed by atoms with Crippen LogP contribution in [0.5, 0.6) is 0 Å². The summed E-state index contributed by atoms with van der Waals surface area (Å²) in [5, 5.41) is 43.3. The zero-order valence-corrected chi connectivity index (χ0v) is 67.6. The molecular formula is C62H134N8O31S4. The number of Topliss-reactive ketones (excluding diaryl/α,β-unsaturated/α-hetero) is 2. The molecule has 0 aromatic carbocycles. The summed E-state index contributed by atoms with van der Waals surface area (Å²) in [7, 11) is 20.1. The SMILES string of the molecule is C.C.C.CC(=O)C(C)=O.CC[C@H](O)[C@@H](O)CC(=O)OC.COC(=O)C[C@@H]1OC(C)(OC)[C@](C)(OC)O[C@H]1CC(=O)OC.COC(OC)OC.COC1(C)O[C@@H](CN)[C@H](CN)O[C@@]1(C)OC.COC1(C)O[C@@H](CN=[N+]=[N-])[C@H](CN=[N+]=[N-])O[C@@]1(C)OC.COC1(C)O[C@@H](CO)[C@H](CO)O[C@@]1(C)OC.S.S.S.S. The molecule has 0 aromatic heterocycles. The number of azide groups is 2. The zero-order valence-electron chi connectivity index (χ0n) is 63.6. The average molecular weight is 1620 g/mol. The summed E-state index contributed by atoms with van der Waals surface area (Å²) in [6.45, 7) is 17.3. The van der Waals surface area contributed by atoms with E-state index in [0.717, 1.165) is 0 Å². The molecule has 18 atom stereocenters. The largest absolute Gasteiger partial charge is 0.469 e. The molecule has 39 nitrogen and oxygen atoms in total. The first-order valence-electron chi connectivity index (χ1n) is 30.4. The monoisotopic (exact) mass is 1610 g/mol. The van der Waals surface area contributed by atoms with Crippen LogP contribution in [-0.4, -0.2) is 303 Å². The maximum Gasteiger partial charge on any atom is 0.308 e. The molecule has 43 heteroatoms. The molecule has 0 bridgehead atoms. The number of methoxy groups -OCH3 is 14. The third-order valence-corrected chi connectivity index (χ3v) is 16.3. The van der Waals surface area contributed by atoms with E-state index >= 15 is 0 Å². The Kier molecular flexibility index (Phi) is 70.7. The molecule has 105 heavy (non-hydrogen) atoms. The second-order valence-electron chi connectivity index (χ2n) is 22.1. The summed E-state index contributed by atoms with van der Waals surface area (Å²) in [6.07, 6.45) is -6.29. The predicted molar refractivity (Wildman–Crippen MR) is 403 cm³/mol. The lowest BCUT2D eigenvalue weighted by Gasteiger charge is -2.51. The second kappa shape index (κ2) is 60.5. The number of rotatable bonds is 28. The van der Waals surface area contributed by atoms with E-state index < -0.39 is 120 Å². The molecule has 4 saturated heterocycles. The predicted octanol–water partition coefficient (Wildman–Crippen LogP) is 4.05. The first-order chi connectivity index (χ1) is 45.7. The van der Waals surface area contributed by atoms with Gasteiger partial charge in [-0.3, -0.25) is 24.0 Å². The van der Waals surface area contributed by atoms with Crippen LogP contribution in [0.2, 0.25) is 0 Å². The van der Waals surface area contributed by atoms with E-state index in [9.17, 15) is 24.0 Å². The maximum atomic E-state index is 11.6. The van der Waals surface area contributed by atoms with Gasteiger partial charge in [0, 0.05) is 115 Å². The molecule has 0 radical (unpaired) electrons. The Morgan fingerprint density at radius 1 is 0.410 bits per heavy atom. The fourth-order valence-electron chi connectivity index (χ4n) is 8.69. The Morgan fingerprint density at radius 2 is 0.629 bits per heavy atom. The van der Waals surface area contributed by atoms with Crippen molar-refractivity contribution in [2.75, 3.05) is 139 Å². The molecule has 632 valence electrons. The van der Waals surface area contributed by atoms with Crippen molar-refractivity contribution in [2.24, 2.45) is 21.7 Å². The minimum atomic E-state index is -1.26. The number of carbonyl (C=O) groups is 5. The fraction of sp³-hybridized carbons (Fsp3) is 0.919. The van der Waals surface area contributed by atoms with Gasteiger partial charge in [-0.2, -0.15) is 54.0 Å². The highest BCUT2D eigenvalue weighted by molar-refractivity contribution is 7.59. The molecule has 4 heterocycles. The third kappa shape index (κ3) is 37.1. The highest BCUT2D eigenvalue weighted by Gasteiger charge is 2.60. The van der Waals surface area contributed by atoms with Gasteiger partial charge in [0.1, 0.15) is 24.4 Å². The van der Waals surface area contributed by atoms with Crippen LogP contribution in [0.4, 0.5) is 0 Å². The Bertz CT molecular complexity index is 2240. The van der Waals surface area contributed by atoms with Crippen molar-refractivity contribution in [1.29, 1.82) is 0 Å². The molecule has 4 rings (SSSR count). The number of hydrogen-bond acceptors (Lipinski definition) is 35. The van der Waals surface area contributed by atoms with E-state index in [2.05, 4.69) is 48.5 Å². The number of carbonyl (C=O) groups excluding carboxylic acids is 5. The van der Waals surface area contributed by atoms with Crippen LogP contribution >= 0.6 is 54.0 Å². The van der Waals surface area contributed by atoms with Crippen LogP contribution in [0.15, 0.2) is 10.2 Å². The lowest BCUT2D eigenvalue weighted by atomic mass is 9.99. The molecule has 4 unspecified atom stereocenters. The molecule has 4 aliphatic heterocycles. The Morgan fingerprint density at radius 3 is 0.790 bits per heavy atom.